The first-order valence-corrected chi connectivity index (χ1v) is 6.26. The minimum absolute atomic E-state index is 0.0268. The fourth-order valence-electron chi connectivity index (χ4n) is 1.92. The highest BCUT2D eigenvalue weighted by molar-refractivity contribution is 5.82. The molecule has 0 aliphatic heterocycles. The van der Waals surface area contributed by atoms with Crippen molar-refractivity contribution in [1.29, 1.82) is 0 Å². The zero-order valence-electron chi connectivity index (χ0n) is 11.1. The molecule has 0 bridgehead atoms. The Labute approximate surface area is 111 Å². The molecule has 2 rings (SSSR count). The number of likely N-dealkylation sites (N-methyl/N-ethyl adjacent to an activating group) is 1. The van der Waals surface area contributed by atoms with Crippen LogP contribution in [0.5, 0.6) is 0 Å². The van der Waals surface area contributed by atoms with Gasteiger partial charge in [-0.1, -0.05) is 0 Å². The lowest BCUT2D eigenvalue weighted by atomic mass is 10.4. The summed E-state index contributed by atoms with van der Waals surface area (Å²) in [4.78, 5) is 22.0. The van der Waals surface area contributed by atoms with Gasteiger partial charge in [0, 0.05) is 25.5 Å². The largest absolute Gasteiger partial charge is 0.382 e. The van der Waals surface area contributed by atoms with E-state index in [1.807, 2.05) is 13.8 Å². The van der Waals surface area contributed by atoms with Crippen LogP contribution in [0.3, 0.4) is 0 Å². The molecule has 0 radical (unpaired) electrons. The highest BCUT2D eigenvalue weighted by Crippen LogP contribution is 2.14. The Kier molecular flexibility index (Phi) is 3.84. The monoisotopic (exact) mass is 262 g/mol. The van der Waals surface area contributed by atoms with Crippen LogP contribution in [0.2, 0.25) is 0 Å². The van der Waals surface area contributed by atoms with E-state index >= 15 is 0 Å². The molecule has 0 spiro atoms. The number of rotatable bonds is 5. The number of nitrogen functional groups attached to an aromatic ring is 1. The molecule has 19 heavy (non-hydrogen) atoms. The van der Waals surface area contributed by atoms with Crippen LogP contribution in [-0.2, 0) is 4.79 Å². The van der Waals surface area contributed by atoms with E-state index in [1.165, 1.54) is 0 Å². The molecule has 0 atom stereocenters. The number of fused-ring (bicyclic) bond motifs is 1. The Morgan fingerprint density at radius 2 is 2.21 bits per heavy atom. The van der Waals surface area contributed by atoms with Gasteiger partial charge in [-0.05, 0) is 13.8 Å². The lowest BCUT2D eigenvalue weighted by molar-refractivity contribution is -0.128. The van der Waals surface area contributed by atoms with Crippen molar-refractivity contribution in [3.05, 3.63) is 18.6 Å². The van der Waals surface area contributed by atoms with Crippen LogP contribution in [0.4, 0.5) is 11.6 Å². The molecule has 3 N–H and O–H groups in total. The van der Waals surface area contributed by atoms with Gasteiger partial charge in [-0.15, -0.1) is 0 Å². The quantitative estimate of drug-likeness (QED) is 0.823. The third-order valence-corrected chi connectivity index (χ3v) is 2.92. The number of aromatic nitrogens is 3. The fourth-order valence-corrected chi connectivity index (χ4v) is 1.92. The molecule has 2 heterocycles. The van der Waals surface area contributed by atoms with Gasteiger partial charge in [0.25, 0.3) is 0 Å². The van der Waals surface area contributed by atoms with Crippen LogP contribution < -0.4 is 11.1 Å². The first-order chi connectivity index (χ1) is 9.15. The van der Waals surface area contributed by atoms with Gasteiger partial charge in [-0.3, -0.25) is 4.79 Å². The van der Waals surface area contributed by atoms with E-state index in [1.54, 1.807) is 27.9 Å². The third-order valence-electron chi connectivity index (χ3n) is 2.92. The summed E-state index contributed by atoms with van der Waals surface area (Å²) in [5.41, 5.74) is 6.36. The molecular formula is C12H18N6O. The number of anilines is 2. The molecule has 0 saturated carbocycles. The molecule has 2 aromatic rings. The van der Waals surface area contributed by atoms with Crippen molar-refractivity contribution in [2.24, 2.45) is 0 Å². The highest BCUT2D eigenvalue weighted by atomic mass is 16.2. The van der Waals surface area contributed by atoms with Crippen LogP contribution in [0.1, 0.15) is 13.8 Å². The Bertz CT molecular complexity index is 575. The Morgan fingerprint density at radius 1 is 1.47 bits per heavy atom. The molecule has 0 fully saturated rings. The number of nitrogens with one attached hydrogen (secondary N) is 1. The maximum absolute atomic E-state index is 11.9. The topological polar surface area (TPSA) is 88.5 Å². The SMILES string of the molecule is CCN(CC)C(=O)CNc1nc(N)cn2ccnc12. The van der Waals surface area contributed by atoms with Crippen LogP contribution >= 0.6 is 0 Å². The van der Waals surface area contributed by atoms with Crippen LogP contribution in [0.15, 0.2) is 18.6 Å². The Morgan fingerprint density at radius 3 is 2.89 bits per heavy atom. The van der Waals surface area contributed by atoms with E-state index in [0.717, 1.165) is 0 Å². The van der Waals surface area contributed by atoms with Crippen LogP contribution in [0.25, 0.3) is 5.65 Å². The van der Waals surface area contributed by atoms with Gasteiger partial charge in [0.15, 0.2) is 11.5 Å². The molecule has 102 valence electrons. The summed E-state index contributed by atoms with van der Waals surface area (Å²) >= 11 is 0. The predicted molar refractivity (Wildman–Crippen MR) is 73.8 cm³/mol. The van der Waals surface area contributed by atoms with Crippen molar-refractivity contribution < 1.29 is 4.79 Å². The number of carbonyl (C=O) groups is 1. The zero-order valence-corrected chi connectivity index (χ0v) is 11.1. The minimum atomic E-state index is 0.0268. The van der Waals surface area contributed by atoms with E-state index in [0.29, 0.717) is 30.4 Å². The van der Waals surface area contributed by atoms with E-state index in [9.17, 15) is 4.79 Å². The van der Waals surface area contributed by atoms with Crippen molar-refractivity contribution in [3.8, 4) is 0 Å². The summed E-state index contributed by atoms with van der Waals surface area (Å²) in [5.74, 6) is 0.924. The van der Waals surface area contributed by atoms with E-state index in [4.69, 9.17) is 5.73 Å². The number of nitrogens with zero attached hydrogens (tertiary/aromatic N) is 4. The van der Waals surface area contributed by atoms with E-state index < -0.39 is 0 Å². The molecule has 7 nitrogen and oxygen atoms in total. The van der Waals surface area contributed by atoms with Crippen LogP contribution in [0, 0.1) is 0 Å². The zero-order chi connectivity index (χ0) is 13.8. The molecule has 7 heteroatoms. The highest BCUT2D eigenvalue weighted by Gasteiger charge is 2.11. The third kappa shape index (κ3) is 2.75. The maximum Gasteiger partial charge on any atom is 0.241 e. The average molecular weight is 262 g/mol. The number of amides is 1. The van der Waals surface area contributed by atoms with Gasteiger partial charge in [-0.2, -0.15) is 0 Å². The van der Waals surface area contributed by atoms with Crippen LogP contribution in [-0.4, -0.2) is 44.8 Å². The number of carbonyl (C=O) groups excluding carboxylic acids is 1. The van der Waals surface area contributed by atoms with E-state index in [-0.39, 0.29) is 12.5 Å². The molecule has 0 aliphatic rings. The molecule has 0 saturated heterocycles. The van der Waals surface area contributed by atoms with Crippen molar-refractivity contribution in [1.82, 2.24) is 19.3 Å². The standard InChI is InChI=1S/C12H18N6O/c1-3-17(4-2)10(19)7-15-11-12-14-5-6-18(12)8-9(13)16-11/h5-6,8H,3-4,7,13H2,1-2H3,(H,15,16). The lowest BCUT2D eigenvalue weighted by Crippen LogP contribution is -2.35. The second-order valence-electron chi connectivity index (χ2n) is 4.09. The summed E-state index contributed by atoms with van der Waals surface area (Å²) in [6.07, 6.45) is 5.12. The summed E-state index contributed by atoms with van der Waals surface area (Å²) in [7, 11) is 0. The molecule has 2 aromatic heterocycles. The van der Waals surface area contributed by atoms with Gasteiger partial charge in [0.2, 0.25) is 5.91 Å². The number of hydrogen-bond donors (Lipinski definition) is 2. The van der Waals surface area contributed by atoms with Crippen molar-refractivity contribution in [2.45, 2.75) is 13.8 Å². The summed E-state index contributed by atoms with van der Waals surface area (Å²) in [6.45, 7) is 5.47. The summed E-state index contributed by atoms with van der Waals surface area (Å²) in [6, 6.07) is 0. The second kappa shape index (κ2) is 5.55. The average Bonchev–Trinajstić information content (AvgIpc) is 2.85. The van der Waals surface area contributed by atoms with Crippen molar-refractivity contribution in [2.75, 3.05) is 30.7 Å². The lowest BCUT2D eigenvalue weighted by Gasteiger charge is -2.19. The summed E-state index contributed by atoms with van der Waals surface area (Å²) < 4.78 is 1.77. The second-order valence-corrected chi connectivity index (χ2v) is 4.09. The first-order valence-electron chi connectivity index (χ1n) is 6.26. The van der Waals surface area contributed by atoms with Gasteiger partial charge in [0.1, 0.15) is 5.82 Å². The molecule has 0 aliphatic carbocycles. The number of imidazole rings is 1. The molecule has 0 unspecified atom stereocenters. The number of nitrogens with two attached hydrogens (primary N) is 1. The maximum atomic E-state index is 11.9. The summed E-state index contributed by atoms with van der Waals surface area (Å²) in [5, 5.41) is 3.00. The smallest absolute Gasteiger partial charge is 0.241 e. The van der Waals surface area contributed by atoms with Gasteiger partial charge in [-0.25, -0.2) is 9.97 Å². The number of hydrogen-bond acceptors (Lipinski definition) is 5. The van der Waals surface area contributed by atoms with Crippen molar-refractivity contribution >= 4 is 23.2 Å². The molecule has 0 aromatic carbocycles. The van der Waals surface area contributed by atoms with Crippen molar-refractivity contribution in [3.63, 3.8) is 0 Å². The first kappa shape index (κ1) is 13.1. The Balaban J connectivity index is 2.13. The van der Waals surface area contributed by atoms with Gasteiger partial charge >= 0.3 is 0 Å². The minimum Gasteiger partial charge on any atom is -0.382 e. The van der Waals surface area contributed by atoms with Gasteiger partial charge in [0.05, 0.1) is 12.7 Å². The predicted octanol–water partition coefficient (Wildman–Crippen LogP) is 0.592. The Hall–Kier alpha value is -2.31. The molecular weight excluding hydrogens is 244 g/mol. The fraction of sp³-hybridized carbons (Fsp3) is 0.417. The normalized spacial score (nSPS) is 10.6. The van der Waals surface area contributed by atoms with E-state index in [2.05, 4.69) is 15.3 Å². The van der Waals surface area contributed by atoms with Gasteiger partial charge < -0.3 is 20.4 Å². The molecule has 1 amide bonds.